The first kappa shape index (κ1) is 16.3. The summed E-state index contributed by atoms with van der Waals surface area (Å²) in [5.74, 6) is 1.24. The van der Waals surface area contributed by atoms with Gasteiger partial charge in [0.15, 0.2) is 0 Å². The molecular formula is C18H25N5O2. The summed E-state index contributed by atoms with van der Waals surface area (Å²) in [6.45, 7) is 2.08. The van der Waals surface area contributed by atoms with Crippen LogP contribution >= 0.6 is 0 Å². The first-order valence-corrected chi connectivity index (χ1v) is 9.32. The molecule has 134 valence electrons. The minimum atomic E-state index is -0.0457. The van der Waals surface area contributed by atoms with E-state index in [9.17, 15) is 9.59 Å². The lowest BCUT2D eigenvalue weighted by molar-refractivity contribution is -0.138. The van der Waals surface area contributed by atoms with Gasteiger partial charge in [0.25, 0.3) is 0 Å². The van der Waals surface area contributed by atoms with Crippen LogP contribution in [0.2, 0.25) is 0 Å². The van der Waals surface area contributed by atoms with Gasteiger partial charge in [-0.2, -0.15) is 0 Å². The smallest absolute Gasteiger partial charge is 0.227 e. The van der Waals surface area contributed by atoms with Crippen LogP contribution in [0.15, 0.2) is 18.6 Å². The standard InChI is InChI=1S/C18H25N5O2/c24-17-4-1-13(11-20-17)18(25)22-9-6-15(7-10-22)23(14-2-3-14)16-5-8-19-12-21-16/h5,8,12-15H,1-4,6-7,9-11H2,(H,20,24). The van der Waals surface area contributed by atoms with E-state index in [0.29, 0.717) is 31.5 Å². The fourth-order valence-electron chi connectivity index (χ4n) is 4.03. The number of carbonyl (C=O) groups excluding carboxylic acids is 2. The van der Waals surface area contributed by atoms with E-state index in [-0.39, 0.29) is 17.7 Å². The second-order valence-electron chi connectivity index (χ2n) is 7.30. The Bertz CT molecular complexity index is 616. The molecule has 1 saturated carbocycles. The highest BCUT2D eigenvalue weighted by atomic mass is 16.2. The highest BCUT2D eigenvalue weighted by Crippen LogP contribution is 2.35. The third kappa shape index (κ3) is 3.60. The largest absolute Gasteiger partial charge is 0.355 e. The molecule has 0 radical (unpaired) electrons. The summed E-state index contributed by atoms with van der Waals surface area (Å²) in [6.07, 6.45) is 8.97. The van der Waals surface area contributed by atoms with Crippen LogP contribution in [0.25, 0.3) is 0 Å². The van der Waals surface area contributed by atoms with Crippen molar-refractivity contribution in [2.45, 2.75) is 50.6 Å². The number of likely N-dealkylation sites (tertiary alicyclic amines) is 1. The van der Waals surface area contributed by atoms with E-state index in [1.54, 1.807) is 12.5 Å². The number of rotatable bonds is 4. The minimum absolute atomic E-state index is 0.0457. The maximum atomic E-state index is 12.7. The highest BCUT2D eigenvalue weighted by molar-refractivity contribution is 5.83. The van der Waals surface area contributed by atoms with Crippen molar-refractivity contribution in [3.63, 3.8) is 0 Å². The van der Waals surface area contributed by atoms with Crippen molar-refractivity contribution in [1.82, 2.24) is 20.2 Å². The molecule has 1 atom stereocenters. The third-order valence-corrected chi connectivity index (χ3v) is 5.56. The third-order valence-electron chi connectivity index (χ3n) is 5.56. The maximum Gasteiger partial charge on any atom is 0.227 e. The average molecular weight is 343 g/mol. The summed E-state index contributed by atoms with van der Waals surface area (Å²) in [7, 11) is 0. The second kappa shape index (κ2) is 6.98. The van der Waals surface area contributed by atoms with Crippen LogP contribution in [0.5, 0.6) is 0 Å². The number of aromatic nitrogens is 2. The highest BCUT2D eigenvalue weighted by Gasteiger charge is 2.38. The van der Waals surface area contributed by atoms with Gasteiger partial charge in [-0.15, -0.1) is 0 Å². The van der Waals surface area contributed by atoms with Gasteiger partial charge in [-0.25, -0.2) is 9.97 Å². The number of hydrogen-bond acceptors (Lipinski definition) is 5. The van der Waals surface area contributed by atoms with Gasteiger partial charge in [0.05, 0.1) is 5.92 Å². The Balaban J connectivity index is 1.36. The SMILES string of the molecule is O=C1CCC(C(=O)N2CCC(N(c3ccncn3)C3CC3)CC2)CN1. The summed E-state index contributed by atoms with van der Waals surface area (Å²) >= 11 is 0. The molecule has 7 nitrogen and oxygen atoms in total. The summed E-state index contributed by atoms with van der Waals surface area (Å²) in [5, 5.41) is 2.81. The van der Waals surface area contributed by atoms with Crippen molar-refractivity contribution in [1.29, 1.82) is 0 Å². The summed E-state index contributed by atoms with van der Waals surface area (Å²) in [5.41, 5.74) is 0. The molecule has 4 rings (SSSR count). The maximum absolute atomic E-state index is 12.7. The molecule has 0 spiro atoms. The molecule has 2 aliphatic heterocycles. The Kier molecular flexibility index (Phi) is 4.55. The van der Waals surface area contributed by atoms with Crippen LogP contribution in [-0.2, 0) is 9.59 Å². The lowest BCUT2D eigenvalue weighted by atomic mass is 9.95. The second-order valence-corrected chi connectivity index (χ2v) is 7.30. The number of anilines is 1. The fourth-order valence-corrected chi connectivity index (χ4v) is 4.03. The molecule has 0 bridgehead atoms. The predicted molar refractivity (Wildman–Crippen MR) is 92.9 cm³/mol. The van der Waals surface area contributed by atoms with Crippen LogP contribution in [-0.4, -0.2) is 58.4 Å². The van der Waals surface area contributed by atoms with E-state index in [0.717, 1.165) is 31.7 Å². The van der Waals surface area contributed by atoms with E-state index in [1.807, 2.05) is 11.0 Å². The number of nitrogens with zero attached hydrogens (tertiary/aromatic N) is 4. The van der Waals surface area contributed by atoms with E-state index in [1.165, 1.54) is 12.8 Å². The number of hydrogen-bond donors (Lipinski definition) is 1. The topological polar surface area (TPSA) is 78.4 Å². The van der Waals surface area contributed by atoms with Gasteiger partial charge in [0, 0.05) is 44.3 Å². The molecule has 3 aliphatic rings. The first-order chi connectivity index (χ1) is 12.2. The van der Waals surface area contributed by atoms with Gasteiger partial charge in [-0.05, 0) is 38.2 Å². The van der Waals surface area contributed by atoms with Crippen molar-refractivity contribution < 1.29 is 9.59 Å². The lowest BCUT2D eigenvalue weighted by Gasteiger charge is -2.40. The van der Waals surface area contributed by atoms with Gasteiger partial charge < -0.3 is 15.1 Å². The lowest BCUT2D eigenvalue weighted by Crippen LogP contribution is -2.51. The normalized spacial score (nSPS) is 24.7. The molecule has 25 heavy (non-hydrogen) atoms. The zero-order chi connectivity index (χ0) is 17.2. The van der Waals surface area contributed by atoms with Gasteiger partial charge in [-0.3, -0.25) is 9.59 Å². The molecule has 1 aliphatic carbocycles. The van der Waals surface area contributed by atoms with Gasteiger partial charge in [0.1, 0.15) is 12.1 Å². The van der Waals surface area contributed by atoms with Crippen molar-refractivity contribution >= 4 is 17.6 Å². The van der Waals surface area contributed by atoms with Crippen LogP contribution in [0.3, 0.4) is 0 Å². The van der Waals surface area contributed by atoms with Crippen molar-refractivity contribution in [2.24, 2.45) is 5.92 Å². The van der Waals surface area contributed by atoms with E-state index >= 15 is 0 Å². The Hall–Kier alpha value is -2.18. The van der Waals surface area contributed by atoms with Crippen molar-refractivity contribution in [3.05, 3.63) is 18.6 Å². The Morgan fingerprint density at radius 3 is 2.52 bits per heavy atom. The number of nitrogens with one attached hydrogen (secondary N) is 1. The molecule has 1 aromatic heterocycles. The number of piperidine rings is 2. The summed E-state index contributed by atoms with van der Waals surface area (Å²) < 4.78 is 0. The van der Waals surface area contributed by atoms with Crippen LogP contribution in [0, 0.1) is 5.92 Å². The van der Waals surface area contributed by atoms with E-state index < -0.39 is 0 Å². The molecule has 0 aromatic carbocycles. The first-order valence-electron chi connectivity index (χ1n) is 9.32. The molecular weight excluding hydrogens is 318 g/mol. The molecule has 7 heteroatoms. The predicted octanol–water partition coefficient (Wildman–Crippen LogP) is 0.963. The van der Waals surface area contributed by atoms with Crippen molar-refractivity contribution in [3.8, 4) is 0 Å². The summed E-state index contributed by atoms with van der Waals surface area (Å²) in [6, 6.07) is 3.02. The van der Waals surface area contributed by atoms with Gasteiger partial charge >= 0.3 is 0 Å². The minimum Gasteiger partial charge on any atom is -0.355 e. The zero-order valence-corrected chi connectivity index (χ0v) is 14.4. The van der Waals surface area contributed by atoms with Crippen LogP contribution in [0.1, 0.15) is 38.5 Å². The number of carbonyl (C=O) groups is 2. The quantitative estimate of drug-likeness (QED) is 0.881. The summed E-state index contributed by atoms with van der Waals surface area (Å²) in [4.78, 5) is 36.9. The Labute approximate surface area is 147 Å². The van der Waals surface area contributed by atoms with Crippen LogP contribution in [0.4, 0.5) is 5.82 Å². The fraction of sp³-hybridized carbons (Fsp3) is 0.667. The van der Waals surface area contributed by atoms with Gasteiger partial charge in [-0.1, -0.05) is 0 Å². The van der Waals surface area contributed by atoms with Gasteiger partial charge in [0.2, 0.25) is 11.8 Å². The molecule has 1 N–H and O–H groups in total. The van der Waals surface area contributed by atoms with Crippen LogP contribution < -0.4 is 10.2 Å². The molecule has 3 fully saturated rings. The Morgan fingerprint density at radius 2 is 1.92 bits per heavy atom. The van der Waals surface area contributed by atoms with E-state index in [4.69, 9.17) is 0 Å². The van der Waals surface area contributed by atoms with Crippen molar-refractivity contribution in [2.75, 3.05) is 24.5 Å². The monoisotopic (exact) mass is 343 g/mol. The number of amides is 2. The molecule has 1 unspecified atom stereocenters. The molecule has 2 saturated heterocycles. The molecule has 2 amide bonds. The molecule has 1 aromatic rings. The average Bonchev–Trinajstić information content (AvgIpc) is 3.48. The van der Waals surface area contributed by atoms with E-state index in [2.05, 4.69) is 20.2 Å². The Morgan fingerprint density at radius 1 is 1.16 bits per heavy atom. The molecule has 3 heterocycles. The zero-order valence-electron chi connectivity index (χ0n) is 14.4.